The summed E-state index contributed by atoms with van der Waals surface area (Å²) in [5.41, 5.74) is 2.46. The van der Waals surface area contributed by atoms with E-state index in [4.69, 9.17) is 0 Å². The van der Waals surface area contributed by atoms with Gasteiger partial charge in [-0.25, -0.2) is 0 Å². The number of phenolic OH excluding ortho intramolecular Hbond substituents is 2. The van der Waals surface area contributed by atoms with Crippen LogP contribution < -0.4 is 0 Å². The highest BCUT2D eigenvalue weighted by molar-refractivity contribution is 8.93. The van der Waals surface area contributed by atoms with Gasteiger partial charge in [0.25, 0.3) is 0 Å². The van der Waals surface area contributed by atoms with Crippen LogP contribution in [0.3, 0.4) is 0 Å². The largest absolute Gasteiger partial charge is 0.504 e. The van der Waals surface area contributed by atoms with E-state index in [1.807, 2.05) is 0 Å². The van der Waals surface area contributed by atoms with Crippen LogP contribution in [0.25, 0.3) is 0 Å². The Balaban J connectivity index is 0.00000121. The molecule has 4 N–H and O–H groups in total. The lowest BCUT2D eigenvalue weighted by Crippen LogP contribution is -2.46. The fraction of sp³-hybridized carbons (Fsp3) is 0.368. The van der Waals surface area contributed by atoms with Crippen molar-refractivity contribution < 1.29 is 15.7 Å². The van der Waals surface area contributed by atoms with Gasteiger partial charge in [-0.3, -0.25) is 4.90 Å². The maximum absolute atomic E-state index is 9.94. The van der Waals surface area contributed by atoms with Gasteiger partial charge in [0.2, 0.25) is 0 Å². The summed E-state index contributed by atoms with van der Waals surface area (Å²) in [7, 11) is 2.17. The summed E-state index contributed by atoms with van der Waals surface area (Å²) in [6.07, 6.45) is 0.858. The Morgan fingerprint density at radius 2 is 1.62 bits per heavy atom. The Kier molecular flexibility index (Phi) is 6.99. The molecule has 0 amide bonds. The molecule has 2 aliphatic rings. The Bertz CT molecular complexity index is 766. The van der Waals surface area contributed by atoms with E-state index in [9.17, 15) is 10.2 Å². The van der Waals surface area contributed by atoms with Crippen molar-refractivity contribution >= 4 is 28.7 Å². The van der Waals surface area contributed by atoms with Gasteiger partial charge in [0.1, 0.15) is 0 Å². The molecule has 4 rings (SSSR count). The van der Waals surface area contributed by atoms with E-state index < -0.39 is 0 Å². The Hall–Kier alpha value is -1.25. The number of benzene rings is 2. The summed E-state index contributed by atoms with van der Waals surface area (Å²) in [6, 6.07) is 12.3. The Morgan fingerprint density at radius 1 is 0.962 bits per heavy atom. The average molecular weight is 441 g/mol. The summed E-state index contributed by atoms with van der Waals surface area (Å²) in [6.45, 7) is 4.28. The molecule has 0 aromatic heterocycles. The molecule has 0 radical (unpaired) electrons. The van der Waals surface area contributed by atoms with Crippen molar-refractivity contribution in [3.63, 3.8) is 0 Å². The first-order chi connectivity index (χ1) is 11.6. The van der Waals surface area contributed by atoms with Crippen LogP contribution in [-0.4, -0.2) is 58.7 Å². The normalized spacial score (nSPS) is 20.1. The highest BCUT2D eigenvalue weighted by Gasteiger charge is 2.29. The molecule has 2 aromatic rings. The van der Waals surface area contributed by atoms with E-state index in [0.717, 1.165) is 43.1 Å². The summed E-state index contributed by atoms with van der Waals surface area (Å²) < 4.78 is 0. The van der Waals surface area contributed by atoms with E-state index in [1.54, 1.807) is 23.9 Å². The molecular weight excluding hydrogens is 416 g/mol. The fourth-order valence-corrected chi connectivity index (χ4v) is 4.75. The molecule has 0 aliphatic carbocycles. The van der Waals surface area contributed by atoms with Crippen LogP contribution in [-0.2, 0) is 6.42 Å². The van der Waals surface area contributed by atoms with Crippen molar-refractivity contribution in [1.29, 1.82) is 0 Å². The predicted octanol–water partition coefficient (Wildman–Crippen LogP) is 2.85. The summed E-state index contributed by atoms with van der Waals surface area (Å²) in [5, 5.41) is 19.8. The lowest BCUT2D eigenvalue weighted by Gasteiger charge is -2.38. The topological polar surface area (TPSA) is 78.4 Å². The number of rotatable bonds is 1. The van der Waals surface area contributed by atoms with E-state index in [-0.39, 0.29) is 34.0 Å². The van der Waals surface area contributed by atoms with Gasteiger partial charge >= 0.3 is 0 Å². The maximum Gasteiger partial charge on any atom is 0.158 e. The number of phenols is 2. The molecule has 2 heterocycles. The van der Waals surface area contributed by atoms with Crippen molar-refractivity contribution in [2.75, 3.05) is 33.2 Å². The van der Waals surface area contributed by atoms with Gasteiger partial charge in [-0.2, -0.15) is 0 Å². The highest BCUT2D eigenvalue weighted by atomic mass is 79.9. The van der Waals surface area contributed by atoms with Crippen molar-refractivity contribution in [1.82, 2.24) is 9.80 Å². The second kappa shape index (κ2) is 8.63. The third-order valence-electron chi connectivity index (χ3n) is 5.05. The molecule has 142 valence electrons. The number of aromatic hydroxyl groups is 2. The zero-order valence-corrected chi connectivity index (χ0v) is 17.2. The van der Waals surface area contributed by atoms with Crippen LogP contribution in [0.15, 0.2) is 46.2 Å². The van der Waals surface area contributed by atoms with Crippen molar-refractivity contribution in [2.45, 2.75) is 22.3 Å². The average Bonchev–Trinajstić information content (AvgIpc) is 2.73. The SMILES string of the molecule is Br.CN1CCN(C2Cc3cc(O)c(O)cc3Sc3ccccc32)CC1.O. The van der Waals surface area contributed by atoms with E-state index in [2.05, 4.69) is 41.1 Å². The summed E-state index contributed by atoms with van der Waals surface area (Å²) in [4.78, 5) is 7.20. The number of fused-ring (bicyclic) bond motifs is 2. The molecule has 0 spiro atoms. The third-order valence-corrected chi connectivity index (χ3v) is 6.24. The van der Waals surface area contributed by atoms with Crippen LogP contribution in [0.2, 0.25) is 0 Å². The molecule has 0 saturated carbocycles. The summed E-state index contributed by atoms with van der Waals surface area (Å²) in [5.74, 6) is -0.0748. The number of hydrogen-bond donors (Lipinski definition) is 2. The Labute approximate surface area is 168 Å². The highest BCUT2D eigenvalue weighted by Crippen LogP contribution is 2.45. The van der Waals surface area contributed by atoms with Crippen molar-refractivity contribution in [3.05, 3.63) is 47.5 Å². The standard InChI is InChI=1S/C19H22N2O2S.BrH.H2O/c1-20-6-8-21(9-7-20)15-10-13-11-16(22)17(23)12-19(13)24-18-5-3-2-4-14(15)18;;/h2-5,11-12,15,22-23H,6-10H2,1H3;1H;1H2. The van der Waals surface area contributed by atoms with Gasteiger partial charge in [-0.1, -0.05) is 30.0 Å². The minimum absolute atomic E-state index is 0. The minimum Gasteiger partial charge on any atom is -0.504 e. The molecule has 1 atom stereocenters. The van der Waals surface area contributed by atoms with Gasteiger partial charge < -0.3 is 20.6 Å². The smallest absolute Gasteiger partial charge is 0.158 e. The zero-order valence-electron chi connectivity index (χ0n) is 14.7. The maximum atomic E-state index is 9.94. The molecule has 7 heteroatoms. The molecular formula is C19H25BrN2O3S. The molecule has 0 bridgehead atoms. The summed E-state index contributed by atoms with van der Waals surface area (Å²) >= 11 is 1.69. The van der Waals surface area contributed by atoms with Crippen molar-refractivity contribution in [3.8, 4) is 11.5 Å². The van der Waals surface area contributed by atoms with Crippen LogP contribution >= 0.6 is 28.7 Å². The predicted molar refractivity (Wildman–Crippen MR) is 110 cm³/mol. The first kappa shape index (κ1) is 21.1. The van der Waals surface area contributed by atoms with Crippen LogP contribution in [0, 0.1) is 0 Å². The van der Waals surface area contributed by atoms with Crippen LogP contribution in [0.4, 0.5) is 0 Å². The Morgan fingerprint density at radius 3 is 2.35 bits per heavy atom. The number of nitrogens with zero attached hydrogens (tertiary/aromatic N) is 2. The molecule has 1 unspecified atom stereocenters. The third kappa shape index (κ3) is 4.02. The molecule has 1 fully saturated rings. The number of halogens is 1. The first-order valence-electron chi connectivity index (χ1n) is 8.36. The lowest BCUT2D eigenvalue weighted by atomic mass is 9.96. The molecule has 2 aromatic carbocycles. The van der Waals surface area contributed by atoms with E-state index >= 15 is 0 Å². The number of piperazine rings is 1. The van der Waals surface area contributed by atoms with Crippen LogP contribution in [0.1, 0.15) is 17.2 Å². The van der Waals surface area contributed by atoms with Gasteiger partial charge in [0.05, 0.1) is 0 Å². The number of likely N-dealkylation sites (N-methyl/N-ethyl adjacent to an activating group) is 1. The zero-order chi connectivity index (χ0) is 16.7. The first-order valence-corrected chi connectivity index (χ1v) is 9.17. The monoisotopic (exact) mass is 440 g/mol. The molecule has 5 nitrogen and oxygen atoms in total. The minimum atomic E-state index is -0.0446. The van der Waals surface area contributed by atoms with Gasteiger partial charge in [-0.15, -0.1) is 17.0 Å². The van der Waals surface area contributed by atoms with E-state index in [1.165, 1.54) is 10.5 Å². The fourth-order valence-electron chi connectivity index (χ4n) is 3.60. The molecule has 1 saturated heterocycles. The number of hydrogen-bond acceptors (Lipinski definition) is 5. The van der Waals surface area contributed by atoms with Crippen molar-refractivity contribution in [2.24, 2.45) is 0 Å². The van der Waals surface area contributed by atoms with Gasteiger partial charge in [0.15, 0.2) is 11.5 Å². The lowest BCUT2D eigenvalue weighted by molar-refractivity contribution is 0.110. The van der Waals surface area contributed by atoms with E-state index in [0.29, 0.717) is 6.04 Å². The molecule has 26 heavy (non-hydrogen) atoms. The van der Waals surface area contributed by atoms with Gasteiger partial charge in [-0.05, 0) is 42.8 Å². The van der Waals surface area contributed by atoms with Gasteiger partial charge in [0, 0.05) is 42.0 Å². The van der Waals surface area contributed by atoms with Crippen LogP contribution in [0.5, 0.6) is 11.5 Å². The second-order valence-corrected chi connectivity index (χ2v) is 7.73. The molecule has 2 aliphatic heterocycles. The second-order valence-electron chi connectivity index (χ2n) is 6.65. The quantitative estimate of drug-likeness (QED) is 0.666.